The predicted molar refractivity (Wildman–Crippen MR) is 233 cm³/mol. The van der Waals surface area contributed by atoms with E-state index in [2.05, 4.69) is 15.6 Å². The fourth-order valence-electron chi connectivity index (χ4n) is 7.54. The Balaban J connectivity index is 0.984. The van der Waals surface area contributed by atoms with Crippen molar-refractivity contribution in [1.82, 2.24) is 15.2 Å². The van der Waals surface area contributed by atoms with Crippen molar-refractivity contribution in [3.63, 3.8) is 0 Å². The van der Waals surface area contributed by atoms with Gasteiger partial charge in [0.25, 0.3) is 0 Å². The van der Waals surface area contributed by atoms with E-state index < -0.39 is 41.9 Å². The molecule has 11 nitrogen and oxygen atoms in total. The van der Waals surface area contributed by atoms with Gasteiger partial charge in [-0.1, -0.05) is 65.7 Å². The van der Waals surface area contributed by atoms with E-state index in [4.69, 9.17) is 37.4 Å². The molecule has 316 valence electrons. The Bertz CT molecular complexity index is 2650. The van der Waals surface area contributed by atoms with Crippen molar-refractivity contribution in [3.8, 4) is 28.4 Å². The molecule has 2 aliphatic rings. The molecule has 6 aromatic rings. The number of aromatic nitrogens is 1. The average Bonchev–Trinajstić information content (AvgIpc) is 3.27. The van der Waals surface area contributed by atoms with Gasteiger partial charge in [-0.2, -0.15) is 0 Å². The van der Waals surface area contributed by atoms with Gasteiger partial charge in [0.2, 0.25) is 5.91 Å². The number of carbonyl (C=O) groups excluding carboxylic acids is 2. The number of hydrogen-bond acceptors (Lipinski definition) is 7. The number of hydrogen-bond donors (Lipinski definition) is 3. The number of anilines is 1. The summed E-state index contributed by atoms with van der Waals surface area (Å²) in [5, 5.41) is 16.7. The van der Waals surface area contributed by atoms with E-state index in [9.17, 15) is 23.9 Å². The molecular formula is C48H41Cl2FN4O7. The van der Waals surface area contributed by atoms with E-state index in [0.29, 0.717) is 50.7 Å². The molecule has 0 fully saturated rings. The second-order valence-corrected chi connectivity index (χ2v) is 16.1. The van der Waals surface area contributed by atoms with Gasteiger partial charge < -0.3 is 34.9 Å². The highest BCUT2D eigenvalue weighted by Gasteiger charge is 2.38. The number of benzene rings is 5. The first kappa shape index (κ1) is 42.1. The largest absolute Gasteiger partial charge is 0.489 e. The number of carbonyl (C=O) groups is 3. The summed E-state index contributed by atoms with van der Waals surface area (Å²) < 4.78 is 32.3. The van der Waals surface area contributed by atoms with Crippen molar-refractivity contribution in [2.75, 3.05) is 11.9 Å². The number of pyridine rings is 1. The molecule has 2 aliphatic heterocycles. The molecule has 0 aliphatic carbocycles. The second kappa shape index (κ2) is 18.2. The normalized spacial score (nSPS) is 15.9. The molecule has 0 spiro atoms. The zero-order chi connectivity index (χ0) is 43.5. The molecule has 3 N–H and O–H groups in total. The van der Waals surface area contributed by atoms with Gasteiger partial charge in [-0.25, -0.2) is 14.0 Å². The van der Waals surface area contributed by atoms with Gasteiger partial charge in [0.05, 0.1) is 10.0 Å². The summed E-state index contributed by atoms with van der Waals surface area (Å²) >= 11 is 12.2. The molecule has 3 heterocycles. The van der Waals surface area contributed by atoms with Crippen LogP contribution in [0, 0.1) is 19.7 Å². The van der Waals surface area contributed by atoms with Gasteiger partial charge in [0.15, 0.2) is 17.6 Å². The van der Waals surface area contributed by atoms with Crippen LogP contribution in [0.2, 0.25) is 10.0 Å². The van der Waals surface area contributed by atoms with Gasteiger partial charge >= 0.3 is 12.0 Å². The van der Waals surface area contributed by atoms with Crippen LogP contribution in [0.3, 0.4) is 0 Å². The van der Waals surface area contributed by atoms with Crippen molar-refractivity contribution >= 4 is 46.8 Å². The number of nitrogens with one attached hydrogen (secondary N) is 2. The van der Waals surface area contributed by atoms with Crippen molar-refractivity contribution in [3.05, 3.63) is 170 Å². The summed E-state index contributed by atoms with van der Waals surface area (Å²) in [5.74, 6) is -0.739. The van der Waals surface area contributed by atoms with Crippen LogP contribution in [0.15, 0.2) is 115 Å². The molecule has 0 saturated heterocycles. The van der Waals surface area contributed by atoms with E-state index in [-0.39, 0.29) is 26.0 Å². The van der Waals surface area contributed by atoms with Crippen LogP contribution in [0.1, 0.15) is 45.2 Å². The number of amides is 3. The van der Waals surface area contributed by atoms with Gasteiger partial charge in [-0.05, 0) is 125 Å². The van der Waals surface area contributed by atoms with Crippen LogP contribution in [0.25, 0.3) is 11.1 Å². The maximum atomic E-state index is 14.2. The van der Waals surface area contributed by atoms with Crippen LogP contribution >= 0.6 is 23.2 Å². The maximum Gasteiger partial charge on any atom is 0.326 e. The molecule has 3 atom stereocenters. The fourth-order valence-corrected chi connectivity index (χ4v) is 7.86. The van der Waals surface area contributed by atoms with Gasteiger partial charge in [0.1, 0.15) is 36.9 Å². The summed E-state index contributed by atoms with van der Waals surface area (Å²) in [4.78, 5) is 46.4. The van der Waals surface area contributed by atoms with E-state index in [0.717, 1.165) is 39.1 Å². The smallest absolute Gasteiger partial charge is 0.326 e. The predicted octanol–water partition coefficient (Wildman–Crippen LogP) is 9.67. The second-order valence-electron chi connectivity index (χ2n) is 15.2. The number of halogens is 3. The molecule has 1 unspecified atom stereocenters. The Morgan fingerprint density at radius 1 is 0.887 bits per heavy atom. The van der Waals surface area contributed by atoms with Gasteiger partial charge in [-0.15, -0.1) is 0 Å². The SMILES string of the molecule is Cc1nccc(-c2ccc(CC(NC(=O)[C@@H]3Cc4cc5c(cc4CN3C(=O)Nc3ccc(F)cc3)O[C@@H](c3ccc(OCc4ccc(Cl)c(Cl)c4)cc3)CO5)C(=O)O)cc2)c1C. The Labute approximate surface area is 367 Å². The molecule has 14 heteroatoms. The van der Waals surface area contributed by atoms with Gasteiger partial charge in [0, 0.05) is 37.0 Å². The Hall–Kier alpha value is -6.63. The third-order valence-corrected chi connectivity index (χ3v) is 11.9. The average molecular weight is 876 g/mol. The molecule has 0 saturated carbocycles. The topological polar surface area (TPSA) is 139 Å². The number of carboxylic acids is 1. The molecule has 0 bridgehead atoms. The minimum atomic E-state index is -1.29. The van der Waals surface area contributed by atoms with Crippen molar-refractivity contribution in [2.24, 2.45) is 0 Å². The first-order chi connectivity index (χ1) is 29.9. The van der Waals surface area contributed by atoms with Crippen LogP contribution in [0.5, 0.6) is 17.2 Å². The third-order valence-electron chi connectivity index (χ3n) is 11.1. The molecule has 62 heavy (non-hydrogen) atoms. The lowest BCUT2D eigenvalue weighted by Crippen LogP contribution is -2.56. The summed E-state index contributed by atoms with van der Waals surface area (Å²) in [7, 11) is 0. The number of carboxylic acid groups (broad SMARTS) is 1. The van der Waals surface area contributed by atoms with Crippen LogP contribution < -0.4 is 24.8 Å². The Kier molecular flexibility index (Phi) is 12.3. The quantitative estimate of drug-likeness (QED) is 0.117. The van der Waals surface area contributed by atoms with Crippen molar-refractivity contribution in [1.29, 1.82) is 0 Å². The van der Waals surface area contributed by atoms with Gasteiger partial charge in [-0.3, -0.25) is 9.78 Å². The Morgan fingerprint density at radius 3 is 2.34 bits per heavy atom. The highest BCUT2D eigenvalue weighted by molar-refractivity contribution is 6.42. The monoisotopic (exact) mass is 874 g/mol. The first-order valence-electron chi connectivity index (χ1n) is 19.9. The Morgan fingerprint density at radius 2 is 1.61 bits per heavy atom. The summed E-state index contributed by atoms with van der Waals surface area (Å²) in [6, 6.07) is 28.1. The molecule has 1 aromatic heterocycles. The summed E-state index contributed by atoms with van der Waals surface area (Å²) in [6.07, 6.45) is 1.38. The third kappa shape index (κ3) is 9.46. The lowest BCUT2D eigenvalue weighted by Gasteiger charge is -2.37. The summed E-state index contributed by atoms with van der Waals surface area (Å²) in [5.41, 5.74) is 8.16. The number of aryl methyl sites for hydroxylation is 1. The van der Waals surface area contributed by atoms with Crippen molar-refractivity contribution in [2.45, 2.75) is 58.0 Å². The minimum absolute atomic E-state index is 0.00905. The minimum Gasteiger partial charge on any atom is -0.489 e. The molecule has 5 aromatic carbocycles. The van der Waals surface area contributed by atoms with E-state index in [1.54, 1.807) is 30.5 Å². The lowest BCUT2D eigenvalue weighted by molar-refractivity contribution is -0.142. The zero-order valence-electron chi connectivity index (χ0n) is 33.7. The van der Waals surface area contributed by atoms with E-state index in [1.807, 2.05) is 74.5 Å². The summed E-state index contributed by atoms with van der Waals surface area (Å²) in [6.45, 7) is 4.45. The first-order valence-corrected chi connectivity index (χ1v) is 20.6. The van der Waals surface area contributed by atoms with E-state index >= 15 is 0 Å². The molecule has 8 rings (SSSR count). The van der Waals surface area contributed by atoms with Crippen molar-refractivity contribution < 1.29 is 38.1 Å². The molecule has 0 radical (unpaired) electrons. The van der Waals surface area contributed by atoms with E-state index in [1.165, 1.54) is 29.2 Å². The number of aliphatic carboxylic acids is 1. The molecule has 3 amide bonds. The zero-order valence-corrected chi connectivity index (χ0v) is 35.2. The fraction of sp³-hybridized carbons (Fsp3) is 0.208. The number of nitrogens with zero attached hydrogens (tertiary/aromatic N) is 2. The van der Waals surface area contributed by atoms with Crippen LogP contribution in [0.4, 0.5) is 14.9 Å². The highest BCUT2D eigenvalue weighted by Crippen LogP contribution is 2.41. The number of fused-ring (bicyclic) bond motifs is 2. The number of ether oxygens (including phenoxy) is 3. The van der Waals surface area contributed by atoms with Crippen LogP contribution in [-0.2, 0) is 35.6 Å². The number of urea groups is 1. The standard InChI is InChI=1S/C48H41Cl2FN4O7/c1-27-28(2)52-18-17-38(27)31-6-3-29(4-7-31)20-41(47(57)58)54-46(56)42-21-33-22-43-44(23-34(33)24-55(42)48(59)53-36-12-10-35(51)11-13-36)62-45(26-61-43)32-8-14-37(15-9-32)60-25-30-5-16-39(49)40(50)19-30/h3-19,22-23,41-42,45H,20-21,24-26H2,1-2H3,(H,53,59)(H,54,56)(H,57,58)/t41?,42-,45+/m0/s1. The highest BCUT2D eigenvalue weighted by atomic mass is 35.5. The number of rotatable bonds is 11. The molecular weight excluding hydrogens is 834 g/mol. The lowest BCUT2D eigenvalue weighted by atomic mass is 9.92. The maximum absolute atomic E-state index is 14.2. The van der Waals surface area contributed by atoms with Crippen LogP contribution in [-0.4, -0.2) is 51.6 Å².